The van der Waals surface area contributed by atoms with E-state index in [2.05, 4.69) is 6.08 Å². The summed E-state index contributed by atoms with van der Waals surface area (Å²) in [4.78, 5) is 14.1. The molecule has 0 radical (unpaired) electrons. The summed E-state index contributed by atoms with van der Waals surface area (Å²) in [5.41, 5.74) is 0.558. The minimum absolute atomic E-state index is 0.242. The molecule has 0 heterocycles. The third-order valence-corrected chi connectivity index (χ3v) is 2.98. The van der Waals surface area contributed by atoms with Gasteiger partial charge in [0.2, 0.25) is 0 Å². The fourth-order valence-electron chi connectivity index (χ4n) is 1.39. The van der Waals surface area contributed by atoms with E-state index in [-0.39, 0.29) is 5.78 Å². The molecular weight excluding hydrogens is 174 g/mol. The van der Waals surface area contributed by atoms with Crippen molar-refractivity contribution in [1.82, 2.24) is 4.90 Å². The molecule has 0 aromatic carbocycles. The van der Waals surface area contributed by atoms with Crippen LogP contribution in [0.4, 0.5) is 0 Å². The molecule has 1 aliphatic rings. The highest BCUT2D eigenvalue weighted by Crippen LogP contribution is 2.22. The van der Waals surface area contributed by atoms with Gasteiger partial charge in [-0.1, -0.05) is 18.2 Å². The maximum Gasteiger partial charge on any atom is 0.178 e. The Hall–Kier alpha value is -0.890. The van der Waals surface area contributed by atoms with Crippen LogP contribution in [0.3, 0.4) is 0 Å². The summed E-state index contributed by atoms with van der Waals surface area (Å²) < 4.78 is 0. The van der Waals surface area contributed by atoms with Gasteiger partial charge in [-0.25, -0.2) is 0 Å². The van der Waals surface area contributed by atoms with Gasteiger partial charge in [0, 0.05) is 0 Å². The number of ketones is 1. The van der Waals surface area contributed by atoms with Crippen LogP contribution in [0.1, 0.15) is 26.7 Å². The number of allylic oxidation sites excluding steroid dienone is 3. The predicted octanol–water partition coefficient (Wildman–Crippen LogP) is 2.17. The lowest BCUT2D eigenvalue weighted by Crippen LogP contribution is -2.46. The first-order chi connectivity index (χ1) is 6.46. The van der Waals surface area contributed by atoms with Crippen LogP contribution in [0.5, 0.6) is 0 Å². The molecule has 0 unspecified atom stereocenters. The topological polar surface area (TPSA) is 20.3 Å². The van der Waals surface area contributed by atoms with E-state index >= 15 is 0 Å². The standard InChI is InChI=1S/C12H19NO/c1-12(2,13(3)4)11(14)10-8-6-5-7-9-10/h5-6,8H,7,9H2,1-4H3. The van der Waals surface area contributed by atoms with Crippen LogP contribution in [0.2, 0.25) is 0 Å². The minimum Gasteiger partial charge on any atom is -0.297 e. The highest BCUT2D eigenvalue weighted by atomic mass is 16.1. The van der Waals surface area contributed by atoms with Gasteiger partial charge in [-0.2, -0.15) is 0 Å². The van der Waals surface area contributed by atoms with Gasteiger partial charge in [0.15, 0.2) is 5.78 Å². The number of carbonyl (C=O) groups is 1. The van der Waals surface area contributed by atoms with Gasteiger partial charge in [0.25, 0.3) is 0 Å². The van der Waals surface area contributed by atoms with Gasteiger partial charge >= 0.3 is 0 Å². The van der Waals surface area contributed by atoms with E-state index in [1.54, 1.807) is 0 Å². The number of Topliss-reactive ketones (excluding diaryl/α,β-unsaturated/α-hetero) is 1. The second-order valence-electron chi connectivity index (χ2n) is 4.44. The number of carbonyl (C=O) groups excluding carboxylic acids is 1. The van der Waals surface area contributed by atoms with Gasteiger partial charge in [0.1, 0.15) is 0 Å². The maximum absolute atomic E-state index is 12.1. The number of hydrogen-bond acceptors (Lipinski definition) is 2. The van der Waals surface area contributed by atoms with E-state index in [1.807, 2.05) is 45.0 Å². The molecule has 0 spiro atoms. The zero-order valence-electron chi connectivity index (χ0n) is 9.50. The monoisotopic (exact) mass is 193 g/mol. The summed E-state index contributed by atoms with van der Waals surface area (Å²) >= 11 is 0. The third kappa shape index (κ3) is 2.13. The Labute approximate surface area is 86.3 Å². The lowest BCUT2D eigenvalue weighted by atomic mass is 9.88. The molecule has 0 atom stereocenters. The highest BCUT2D eigenvalue weighted by molar-refractivity contribution is 6.02. The van der Waals surface area contributed by atoms with Crippen molar-refractivity contribution in [2.45, 2.75) is 32.2 Å². The average molecular weight is 193 g/mol. The Morgan fingerprint density at radius 1 is 1.43 bits per heavy atom. The zero-order chi connectivity index (χ0) is 10.8. The van der Waals surface area contributed by atoms with E-state index in [0.717, 1.165) is 18.4 Å². The lowest BCUT2D eigenvalue weighted by Gasteiger charge is -2.32. The molecule has 78 valence electrons. The molecule has 0 saturated carbocycles. The van der Waals surface area contributed by atoms with Crippen molar-refractivity contribution in [2.75, 3.05) is 14.1 Å². The van der Waals surface area contributed by atoms with E-state index in [0.29, 0.717) is 0 Å². The molecule has 0 bridgehead atoms. The lowest BCUT2D eigenvalue weighted by molar-refractivity contribution is -0.124. The molecule has 0 amide bonds. The largest absolute Gasteiger partial charge is 0.297 e. The number of hydrogen-bond donors (Lipinski definition) is 0. The molecule has 0 aromatic rings. The van der Waals surface area contributed by atoms with E-state index in [1.165, 1.54) is 0 Å². The normalized spacial score (nSPS) is 17.1. The molecule has 0 N–H and O–H groups in total. The van der Waals surface area contributed by atoms with Crippen molar-refractivity contribution >= 4 is 5.78 Å². The van der Waals surface area contributed by atoms with E-state index < -0.39 is 5.54 Å². The summed E-state index contributed by atoms with van der Waals surface area (Å²) in [5.74, 6) is 0.242. The van der Waals surface area contributed by atoms with Crippen LogP contribution >= 0.6 is 0 Å². The van der Waals surface area contributed by atoms with E-state index in [4.69, 9.17) is 0 Å². The maximum atomic E-state index is 12.1. The first kappa shape index (κ1) is 11.2. The quantitative estimate of drug-likeness (QED) is 0.684. The Morgan fingerprint density at radius 2 is 2.07 bits per heavy atom. The summed E-state index contributed by atoms with van der Waals surface area (Å²) in [5, 5.41) is 0. The van der Waals surface area contributed by atoms with Crippen molar-refractivity contribution in [1.29, 1.82) is 0 Å². The second kappa shape index (κ2) is 4.09. The molecule has 14 heavy (non-hydrogen) atoms. The summed E-state index contributed by atoms with van der Waals surface area (Å²) in [6.45, 7) is 3.93. The van der Waals surface area contributed by atoms with Crippen molar-refractivity contribution in [3.8, 4) is 0 Å². The Bertz CT molecular complexity index is 285. The molecule has 2 heteroatoms. The number of likely N-dealkylation sites (N-methyl/N-ethyl adjacent to an activating group) is 1. The molecule has 2 nitrogen and oxygen atoms in total. The molecule has 1 aliphatic carbocycles. The van der Waals surface area contributed by atoms with Crippen molar-refractivity contribution < 1.29 is 4.79 Å². The van der Waals surface area contributed by atoms with Crippen LogP contribution in [-0.2, 0) is 4.79 Å². The predicted molar refractivity (Wildman–Crippen MR) is 59.2 cm³/mol. The van der Waals surface area contributed by atoms with Gasteiger partial charge < -0.3 is 0 Å². The third-order valence-electron chi connectivity index (χ3n) is 2.98. The molecular formula is C12H19NO. The van der Waals surface area contributed by atoms with Crippen LogP contribution in [-0.4, -0.2) is 30.3 Å². The fourth-order valence-corrected chi connectivity index (χ4v) is 1.39. The average Bonchev–Trinajstić information content (AvgIpc) is 2.17. The van der Waals surface area contributed by atoms with Crippen molar-refractivity contribution in [2.24, 2.45) is 0 Å². The Kier molecular flexibility index (Phi) is 3.27. The van der Waals surface area contributed by atoms with Gasteiger partial charge in [0.05, 0.1) is 5.54 Å². The molecule has 0 fully saturated rings. The smallest absolute Gasteiger partial charge is 0.178 e. The van der Waals surface area contributed by atoms with Gasteiger partial charge in [-0.3, -0.25) is 9.69 Å². The van der Waals surface area contributed by atoms with Crippen molar-refractivity contribution in [3.05, 3.63) is 23.8 Å². The van der Waals surface area contributed by atoms with Gasteiger partial charge in [-0.05, 0) is 46.4 Å². The Balaban J connectivity index is 2.84. The summed E-state index contributed by atoms with van der Waals surface area (Å²) in [6, 6.07) is 0. The van der Waals surface area contributed by atoms with Crippen LogP contribution < -0.4 is 0 Å². The number of rotatable bonds is 3. The van der Waals surface area contributed by atoms with Crippen LogP contribution in [0.15, 0.2) is 23.8 Å². The van der Waals surface area contributed by atoms with Gasteiger partial charge in [-0.15, -0.1) is 0 Å². The number of nitrogens with zero attached hydrogens (tertiary/aromatic N) is 1. The minimum atomic E-state index is -0.392. The first-order valence-electron chi connectivity index (χ1n) is 5.04. The summed E-state index contributed by atoms with van der Waals surface area (Å²) in [6.07, 6.45) is 7.88. The van der Waals surface area contributed by atoms with E-state index in [9.17, 15) is 4.79 Å². The molecule has 0 aromatic heterocycles. The summed E-state index contributed by atoms with van der Waals surface area (Å²) in [7, 11) is 3.88. The first-order valence-corrected chi connectivity index (χ1v) is 5.04. The van der Waals surface area contributed by atoms with Crippen LogP contribution in [0, 0.1) is 0 Å². The van der Waals surface area contributed by atoms with Crippen molar-refractivity contribution in [3.63, 3.8) is 0 Å². The second-order valence-corrected chi connectivity index (χ2v) is 4.44. The molecule has 1 rings (SSSR count). The SMILES string of the molecule is CN(C)C(C)(C)C(=O)C1=CC=CCC1. The fraction of sp³-hybridized carbons (Fsp3) is 0.583. The molecule has 0 aliphatic heterocycles. The zero-order valence-corrected chi connectivity index (χ0v) is 9.50. The highest BCUT2D eigenvalue weighted by Gasteiger charge is 2.31. The van der Waals surface area contributed by atoms with Crippen LogP contribution in [0.25, 0.3) is 0 Å². The Morgan fingerprint density at radius 3 is 2.50 bits per heavy atom. The molecule has 0 saturated heterocycles.